The highest BCUT2D eigenvalue weighted by atomic mass is 16.2. The second-order valence-electron chi connectivity index (χ2n) is 9.56. The molecule has 0 saturated heterocycles. The zero-order chi connectivity index (χ0) is 23.2. The molecule has 5 rings (SSSR count). The highest BCUT2D eigenvalue weighted by molar-refractivity contribution is 6.07. The van der Waals surface area contributed by atoms with E-state index in [2.05, 4.69) is 62.9 Å². The molecule has 172 valence electrons. The number of carbonyl (C=O) groups is 1. The first-order chi connectivity index (χ1) is 15.9. The van der Waals surface area contributed by atoms with Crippen molar-refractivity contribution in [1.29, 1.82) is 0 Å². The zero-order valence-electron chi connectivity index (χ0n) is 19.7. The number of rotatable bonds is 6. The minimum atomic E-state index is -0.607. The molecule has 2 aliphatic rings. The molecule has 0 unspecified atom stereocenters. The third kappa shape index (κ3) is 3.88. The van der Waals surface area contributed by atoms with Gasteiger partial charge in [0, 0.05) is 55.5 Å². The van der Waals surface area contributed by atoms with Crippen molar-refractivity contribution in [2.45, 2.75) is 65.2 Å². The van der Waals surface area contributed by atoms with E-state index < -0.39 is 5.41 Å². The van der Waals surface area contributed by atoms with Crippen LogP contribution in [0.25, 0.3) is 0 Å². The number of carbonyl (C=O) groups excluding carboxylic acids is 1. The van der Waals surface area contributed by atoms with E-state index in [0.717, 1.165) is 55.5 Å². The highest BCUT2D eigenvalue weighted by Gasteiger charge is 2.46. The molecule has 3 aromatic rings. The summed E-state index contributed by atoms with van der Waals surface area (Å²) in [5.74, 6) is 2.43. The van der Waals surface area contributed by atoms with Gasteiger partial charge in [0.15, 0.2) is 0 Å². The second-order valence-corrected chi connectivity index (χ2v) is 9.56. The van der Waals surface area contributed by atoms with Crippen LogP contribution < -0.4 is 10.2 Å². The SMILES string of the molecule is CC[C@H](C)N1C(=O)C(C)(C)c2cnc(Nc3ccc(CN4CCn5ccnc5C4)cc3)nc21. The van der Waals surface area contributed by atoms with Gasteiger partial charge in [0.2, 0.25) is 11.9 Å². The Bertz CT molecular complexity index is 1170. The number of amides is 1. The highest BCUT2D eigenvalue weighted by Crippen LogP contribution is 2.41. The molecule has 1 atom stereocenters. The number of hydrogen-bond donors (Lipinski definition) is 1. The number of nitrogens with one attached hydrogen (secondary N) is 1. The first kappa shape index (κ1) is 21.6. The maximum atomic E-state index is 13.0. The summed E-state index contributed by atoms with van der Waals surface area (Å²) in [6.45, 7) is 11.8. The molecule has 8 heteroatoms. The van der Waals surface area contributed by atoms with E-state index in [1.54, 1.807) is 6.20 Å². The Hall–Kier alpha value is -3.26. The van der Waals surface area contributed by atoms with Gasteiger partial charge in [0.05, 0.1) is 12.0 Å². The minimum Gasteiger partial charge on any atom is -0.333 e. The van der Waals surface area contributed by atoms with E-state index in [1.807, 2.05) is 31.1 Å². The first-order valence-electron chi connectivity index (χ1n) is 11.7. The summed E-state index contributed by atoms with van der Waals surface area (Å²) >= 11 is 0. The Labute approximate surface area is 194 Å². The van der Waals surface area contributed by atoms with Gasteiger partial charge >= 0.3 is 0 Å². The molecular weight excluding hydrogens is 414 g/mol. The van der Waals surface area contributed by atoms with E-state index in [4.69, 9.17) is 4.98 Å². The van der Waals surface area contributed by atoms with E-state index in [1.165, 1.54) is 5.56 Å². The van der Waals surface area contributed by atoms with Crippen molar-refractivity contribution < 1.29 is 4.79 Å². The first-order valence-corrected chi connectivity index (χ1v) is 11.7. The van der Waals surface area contributed by atoms with Crippen molar-refractivity contribution in [3.05, 3.63) is 59.8 Å². The molecular formula is C25H31N7O. The lowest BCUT2D eigenvalue weighted by Crippen LogP contribution is -2.41. The van der Waals surface area contributed by atoms with Gasteiger partial charge in [-0.25, -0.2) is 9.97 Å². The molecule has 33 heavy (non-hydrogen) atoms. The van der Waals surface area contributed by atoms with E-state index in [0.29, 0.717) is 5.95 Å². The number of fused-ring (bicyclic) bond motifs is 2. The fourth-order valence-corrected chi connectivity index (χ4v) is 4.60. The van der Waals surface area contributed by atoms with Crippen molar-refractivity contribution in [1.82, 2.24) is 24.4 Å². The van der Waals surface area contributed by atoms with Crippen molar-refractivity contribution in [3.8, 4) is 0 Å². The van der Waals surface area contributed by atoms with Crippen LogP contribution in [0.5, 0.6) is 0 Å². The van der Waals surface area contributed by atoms with Gasteiger partial charge in [-0.15, -0.1) is 0 Å². The van der Waals surface area contributed by atoms with Gasteiger partial charge in [-0.1, -0.05) is 19.1 Å². The number of imidazole rings is 1. The lowest BCUT2D eigenvalue weighted by Gasteiger charge is -2.27. The molecule has 0 aliphatic carbocycles. The predicted molar refractivity (Wildman–Crippen MR) is 128 cm³/mol. The molecule has 0 bridgehead atoms. The van der Waals surface area contributed by atoms with Crippen LogP contribution >= 0.6 is 0 Å². The maximum Gasteiger partial charge on any atom is 0.238 e. The summed E-state index contributed by atoms with van der Waals surface area (Å²) in [5, 5.41) is 3.31. The normalized spacial score (nSPS) is 18.2. The van der Waals surface area contributed by atoms with Crippen LogP contribution in [0, 0.1) is 0 Å². The van der Waals surface area contributed by atoms with E-state index >= 15 is 0 Å². The topological polar surface area (TPSA) is 79.2 Å². The number of anilines is 3. The molecule has 2 aromatic heterocycles. The van der Waals surface area contributed by atoms with E-state index in [9.17, 15) is 4.79 Å². The van der Waals surface area contributed by atoms with Crippen LogP contribution in [0.15, 0.2) is 42.9 Å². The van der Waals surface area contributed by atoms with Gasteiger partial charge in [-0.05, 0) is 44.9 Å². The Morgan fingerprint density at radius 2 is 1.94 bits per heavy atom. The molecule has 2 aliphatic heterocycles. The Kier molecular flexibility index (Phi) is 5.40. The standard InChI is InChI=1S/C25H31N7O/c1-5-17(2)32-22-20(25(3,4)23(32)33)14-27-24(29-22)28-19-8-6-18(7-9-19)15-30-12-13-31-11-10-26-21(31)16-30/h6-11,14,17H,5,12-13,15-16H2,1-4H3,(H,27,28,29)/t17-/m0/s1. The van der Waals surface area contributed by atoms with Gasteiger partial charge in [-0.3, -0.25) is 14.6 Å². The average molecular weight is 446 g/mol. The average Bonchev–Trinajstić information content (AvgIpc) is 3.35. The number of nitrogens with zero attached hydrogens (tertiary/aromatic N) is 6. The summed E-state index contributed by atoms with van der Waals surface area (Å²) in [4.78, 5) is 31.0. The Balaban J connectivity index is 1.29. The Morgan fingerprint density at radius 1 is 1.15 bits per heavy atom. The molecule has 1 aromatic carbocycles. The quantitative estimate of drug-likeness (QED) is 0.621. The zero-order valence-corrected chi connectivity index (χ0v) is 19.7. The van der Waals surface area contributed by atoms with Crippen LogP contribution in [0.1, 0.15) is 51.1 Å². The minimum absolute atomic E-state index is 0.0860. The van der Waals surface area contributed by atoms with Gasteiger partial charge in [0.1, 0.15) is 11.6 Å². The molecule has 0 fully saturated rings. The maximum absolute atomic E-state index is 13.0. The molecule has 1 N–H and O–H groups in total. The third-order valence-corrected chi connectivity index (χ3v) is 6.90. The van der Waals surface area contributed by atoms with Crippen LogP contribution in [0.3, 0.4) is 0 Å². The molecule has 0 spiro atoms. The largest absolute Gasteiger partial charge is 0.333 e. The summed E-state index contributed by atoms with van der Waals surface area (Å²) in [5.41, 5.74) is 2.46. The lowest BCUT2D eigenvalue weighted by atomic mass is 9.88. The summed E-state index contributed by atoms with van der Waals surface area (Å²) < 4.78 is 2.22. The summed E-state index contributed by atoms with van der Waals surface area (Å²) in [7, 11) is 0. The van der Waals surface area contributed by atoms with Gasteiger partial charge in [0.25, 0.3) is 0 Å². The van der Waals surface area contributed by atoms with Crippen LogP contribution in [-0.2, 0) is 29.8 Å². The number of benzene rings is 1. The summed E-state index contributed by atoms with van der Waals surface area (Å²) in [6, 6.07) is 8.47. The van der Waals surface area contributed by atoms with Gasteiger partial charge in [-0.2, -0.15) is 4.98 Å². The number of aromatic nitrogens is 4. The molecule has 4 heterocycles. The summed E-state index contributed by atoms with van der Waals surface area (Å²) in [6.07, 6.45) is 6.58. The lowest BCUT2D eigenvalue weighted by molar-refractivity contribution is -0.122. The van der Waals surface area contributed by atoms with E-state index in [-0.39, 0.29) is 11.9 Å². The van der Waals surface area contributed by atoms with Crippen LogP contribution in [-0.4, -0.2) is 42.9 Å². The van der Waals surface area contributed by atoms with Crippen molar-refractivity contribution >= 4 is 23.4 Å². The molecule has 0 saturated carbocycles. The monoisotopic (exact) mass is 445 g/mol. The predicted octanol–water partition coefficient (Wildman–Crippen LogP) is 3.86. The number of hydrogen-bond acceptors (Lipinski definition) is 6. The van der Waals surface area contributed by atoms with Crippen LogP contribution in [0.2, 0.25) is 0 Å². The van der Waals surface area contributed by atoms with Crippen molar-refractivity contribution in [3.63, 3.8) is 0 Å². The van der Waals surface area contributed by atoms with Gasteiger partial charge < -0.3 is 9.88 Å². The van der Waals surface area contributed by atoms with Crippen LogP contribution in [0.4, 0.5) is 17.5 Å². The van der Waals surface area contributed by atoms with Crippen molar-refractivity contribution in [2.75, 3.05) is 16.8 Å². The van der Waals surface area contributed by atoms with Crippen molar-refractivity contribution in [2.24, 2.45) is 0 Å². The second kappa shape index (κ2) is 8.26. The fourth-order valence-electron chi connectivity index (χ4n) is 4.60. The molecule has 0 radical (unpaired) electrons. The molecule has 1 amide bonds. The fraction of sp³-hybridized carbons (Fsp3) is 0.440. The molecule has 8 nitrogen and oxygen atoms in total. The smallest absolute Gasteiger partial charge is 0.238 e. The third-order valence-electron chi connectivity index (χ3n) is 6.90. The Morgan fingerprint density at radius 3 is 2.70 bits per heavy atom.